The van der Waals surface area contributed by atoms with Crippen molar-refractivity contribution in [1.29, 1.82) is 0 Å². The Balaban J connectivity index is 1.67. The number of hydrogen-bond acceptors (Lipinski definition) is 2. The number of rotatable bonds is 4. The fourth-order valence-electron chi connectivity index (χ4n) is 3.88. The lowest BCUT2D eigenvalue weighted by molar-refractivity contribution is -0.113. The van der Waals surface area contributed by atoms with Crippen molar-refractivity contribution in [3.8, 4) is 5.69 Å². The van der Waals surface area contributed by atoms with E-state index in [4.69, 9.17) is 11.6 Å². The van der Waals surface area contributed by atoms with Gasteiger partial charge in [0.05, 0.1) is 5.69 Å². The van der Waals surface area contributed by atoms with E-state index >= 15 is 0 Å². The Morgan fingerprint density at radius 3 is 2.32 bits per heavy atom. The lowest BCUT2D eigenvalue weighted by atomic mass is 10.0. The molecule has 0 spiro atoms. The highest BCUT2D eigenvalue weighted by molar-refractivity contribution is 6.32. The second-order valence-electron chi connectivity index (χ2n) is 8.02. The number of anilines is 1. The van der Waals surface area contributed by atoms with Gasteiger partial charge in [0, 0.05) is 22.1 Å². The molecule has 2 aromatic carbocycles. The Morgan fingerprint density at radius 2 is 1.68 bits per heavy atom. The molecule has 5 nitrogen and oxygen atoms in total. The summed E-state index contributed by atoms with van der Waals surface area (Å²) in [5.74, 6) is 0.0685. The minimum atomic E-state index is -0.489. The molecule has 0 atom stereocenters. The summed E-state index contributed by atoms with van der Waals surface area (Å²) in [4.78, 5) is 26.5. The van der Waals surface area contributed by atoms with E-state index in [1.807, 2.05) is 19.9 Å². The average molecular weight is 434 g/mol. The van der Waals surface area contributed by atoms with Gasteiger partial charge in [-0.15, -0.1) is 0 Å². The predicted molar refractivity (Wildman–Crippen MR) is 125 cm³/mol. The van der Waals surface area contributed by atoms with Crippen molar-refractivity contribution in [2.45, 2.75) is 33.6 Å². The number of aryl methyl sites for hydroxylation is 1. The minimum absolute atomic E-state index is 0.236. The maximum atomic E-state index is 12.9. The molecule has 0 bridgehead atoms. The van der Waals surface area contributed by atoms with E-state index in [1.54, 1.807) is 30.3 Å². The summed E-state index contributed by atoms with van der Waals surface area (Å²) in [6.45, 7) is 8.38. The van der Waals surface area contributed by atoms with E-state index in [0.29, 0.717) is 16.6 Å². The van der Waals surface area contributed by atoms with Crippen LogP contribution in [0.4, 0.5) is 10.5 Å². The number of amides is 3. The number of carbonyl (C=O) groups is 2. The van der Waals surface area contributed by atoms with Gasteiger partial charge in [-0.05, 0) is 73.4 Å². The molecule has 2 heterocycles. The SMILES string of the molecule is Cc1cc(/C=C2/NC(=O)N(c3cccc(Cl)c3)C2=O)c(C)n1-c1ccc(C(C)C)cc1. The second-order valence-corrected chi connectivity index (χ2v) is 8.45. The van der Waals surface area contributed by atoms with Crippen LogP contribution in [0.1, 0.15) is 42.3 Å². The third-order valence-electron chi connectivity index (χ3n) is 5.53. The summed E-state index contributed by atoms with van der Waals surface area (Å²) in [6, 6.07) is 16.7. The molecule has 1 aromatic heterocycles. The van der Waals surface area contributed by atoms with Gasteiger partial charge in [0.2, 0.25) is 0 Å². The molecular formula is C25H24ClN3O2. The molecule has 3 amide bonds. The number of nitrogens with zero attached hydrogens (tertiary/aromatic N) is 2. The first-order chi connectivity index (χ1) is 14.8. The number of halogens is 1. The Morgan fingerprint density at radius 1 is 0.968 bits per heavy atom. The van der Waals surface area contributed by atoms with Gasteiger partial charge in [-0.1, -0.05) is 43.6 Å². The van der Waals surface area contributed by atoms with Gasteiger partial charge in [-0.2, -0.15) is 0 Å². The van der Waals surface area contributed by atoms with Crippen LogP contribution < -0.4 is 10.2 Å². The standard InChI is InChI=1S/C25H24ClN3O2/c1-15(2)18-8-10-21(11-9-18)28-16(3)12-19(17(28)4)13-23-24(30)29(25(31)27-23)22-7-5-6-20(26)14-22/h5-15H,1-4H3,(H,27,31)/b23-13+. The largest absolute Gasteiger partial charge is 0.333 e. The van der Waals surface area contributed by atoms with Crippen LogP contribution in [-0.4, -0.2) is 16.5 Å². The van der Waals surface area contributed by atoms with E-state index in [2.05, 4.69) is 48.0 Å². The van der Waals surface area contributed by atoms with Crippen LogP contribution in [-0.2, 0) is 4.79 Å². The van der Waals surface area contributed by atoms with Gasteiger partial charge in [0.25, 0.3) is 5.91 Å². The van der Waals surface area contributed by atoms with Gasteiger partial charge in [-0.25, -0.2) is 9.69 Å². The van der Waals surface area contributed by atoms with Crippen LogP contribution >= 0.6 is 11.6 Å². The van der Waals surface area contributed by atoms with Gasteiger partial charge in [0.15, 0.2) is 0 Å². The molecule has 0 aliphatic carbocycles. The molecule has 3 aromatic rings. The Hall–Kier alpha value is -3.31. The average Bonchev–Trinajstić information content (AvgIpc) is 3.16. The van der Waals surface area contributed by atoms with E-state index in [9.17, 15) is 9.59 Å². The third-order valence-corrected chi connectivity index (χ3v) is 5.77. The van der Waals surface area contributed by atoms with E-state index < -0.39 is 11.9 Å². The van der Waals surface area contributed by atoms with Crippen molar-refractivity contribution in [3.05, 3.63) is 87.8 Å². The smallest absolute Gasteiger partial charge is 0.318 e. The Kier molecular flexibility index (Phi) is 5.46. The highest BCUT2D eigenvalue weighted by atomic mass is 35.5. The topological polar surface area (TPSA) is 54.3 Å². The number of urea groups is 1. The Bertz CT molecular complexity index is 1210. The first-order valence-electron chi connectivity index (χ1n) is 10.2. The molecule has 1 N–H and O–H groups in total. The molecule has 6 heteroatoms. The first-order valence-corrected chi connectivity index (χ1v) is 10.6. The summed E-state index contributed by atoms with van der Waals surface area (Å²) in [5.41, 5.74) is 5.94. The number of benzene rings is 2. The fraction of sp³-hybridized carbons (Fsp3) is 0.200. The Labute approximate surface area is 186 Å². The summed E-state index contributed by atoms with van der Waals surface area (Å²) in [7, 11) is 0. The first kappa shape index (κ1) is 20.9. The van der Waals surface area contributed by atoms with Crippen molar-refractivity contribution in [1.82, 2.24) is 9.88 Å². The zero-order valence-corrected chi connectivity index (χ0v) is 18.7. The molecule has 158 valence electrons. The zero-order valence-electron chi connectivity index (χ0n) is 17.9. The summed E-state index contributed by atoms with van der Waals surface area (Å²) < 4.78 is 2.15. The number of carbonyl (C=O) groups excluding carboxylic acids is 2. The van der Waals surface area contributed by atoms with Gasteiger partial charge < -0.3 is 9.88 Å². The third kappa shape index (κ3) is 3.89. The van der Waals surface area contributed by atoms with Gasteiger partial charge in [0.1, 0.15) is 5.70 Å². The number of imide groups is 1. The van der Waals surface area contributed by atoms with Crippen LogP contribution in [0.25, 0.3) is 11.8 Å². The molecule has 1 saturated heterocycles. The zero-order chi connectivity index (χ0) is 22.3. The molecule has 4 rings (SSSR count). The van der Waals surface area contributed by atoms with Gasteiger partial charge in [-0.3, -0.25) is 4.79 Å². The van der Waals surface area contributed by atoms with E-state index in [1.165, 1.54) is 5.56 Å². The highest BCUT2D eigenvalue weighted by Gasteiger charge is 2.35. The van der Waals surface area contributed by atoms with Gasteiger partial charge >= 0.3 is 6.03 Å². The number of nitrogens with one attached hydrogen (secondary N) is 1. The van der Waals surface area contributed by atoms with Crippen molar-refractivity contribution < 1.29 is 9.59 Å². The second kappa shape index (κ2) is 8.08. The monoisotopic (exact) mass is 433 g/mol. The van der Waals surface area contributed by atoms with Crippen LogP contribution in [0.3, 0.4) is 0 Å². The van der Waals surface area contributed by atoms with Crippen LogP contribution in [0, 0.1) is 13.8 Å². The highest BCUT2D eigenvalue weighted by Crippen LogP contribution is 2.28. The number of aromatic nitrogens is 1. The summed E-state index contributed by atoms with van der Waals surface area (Å²) >= 11 is 6.02. The van der Waals surface area contributed by atoms with Crippen molar-refractivity contribution >= 4 is 35.3 Å². The van der Waals surface area contributed by atoms with Crippen LogP contribution in [0.15, 0.2) is 60.3 Å². The van der Waals surface area contributed by atoms with Crippen molar-refractivity contribution in [3.63, 3.8) is 0 Å². The maximum absolute atomic E-state index is 12.9. The molecule has 1 aliphatic heterocycles. The van der Waals surface area contributed by atoms with Crippen LogP contribution in [0.5, 0.6) is 0 Å². The normalized spacial score (nSPS) is 15.3. The fourth-order valence-corrected chi connectivity index (χ4v) is 4.06. The molecule has 0 unspecified atom stereocenters. The molecule has 1 fully saturated rings. The predicted octanol–water partition coefficient (Wildman–Crippen LogP) is 5.97. The van der Waals surface area contributed by atoms with E-state index in [0.717, 1.165) is 27.5 Å². The maximum Gasteiger partial charge on any atom is 0.333 e. The van der Waals surface area contributed by atoms with Crippen LogP contribution in [0.2, 0.25) is 5.02 Å². The molecule has 0 saturated carbocycles. The van der Waals surface area contributed by atoms with Crippen molar-refractivity contribution in [2.24, 2.45) is 0 Å². The minimum Gasteiger partial charge on any atom is -0.318 e. The molecule has 1 aliphatic rings. The molecular weight excluding hydrogens is 410 g/mol. The lowest BCUT2D eigenvalue weighted by Crippen LogP contribution is -2.30. The summed E-state index contributed by atoms with van der Waals surface area (Å²) in [5, 5.41) is 3.14. The molecule has 0 radical (unpaired) electrons. The quantitative estimate of drug-likeness (QED) is 0.407. The molecule has 31 heavy (non-hydrogen) atoms. The van der Waals surface area contributed by atoms with E-state index in [-0.39, 0.29) is 5.70 Å². The lowest BCUT2D eigenvalue weighted by Gasteiger charge is -2.12. The van der Waals surface area contributed by atoms with Crippen molar-refractivity contribution in [2.75, 3.05) is 4.90 Å². The summed E-state index contributed by atoms with van der Waals surface area (Å²) in [6.07, 6.45) is 1.73. The number of hydrogen-bond donors (Lipinski definition) is 1.